The highest BCUT2D eigenvalue weighted by Crippen LogP contribution is 2.22. The molecule has 1 fully saturated rings. The zero-order valence-corrected chi connectivity index (χ0v) is 14.1. The summed E-state index contributed by atoms with van der Waals surface area (Å²) in [5, 5.41) is 0. The Kier molecular flexibility index (Phi) is 5.94. The van der Waals surface area contributed by atoms with E-state index >= 15 is 0 Å². The fraction of sp³-hybridized carbons (Fsp3) is 0.450. The summed E-state index contributed by atoms with van der Waals surface area (Å²) in [7, 11) is 0. The van der Waals surface area contributed by atoms with Crippen LogP contribution in [0.25, 0.3) is 0 Å². The Hall–Kier alpha value is -2.23. The van der Waals surface area contributed by atoms with E-state index < -0.39 is 0 Å². The Labute approximate surface area is 143 Å². The lowest BCUT2D eigenvalue weighted by molar-refractivity contribution is -0.133. The van der Waals surface area contributed by atoms with Crippen LogP contribution in [-0.2, 0) is 17.6 Å². The topological polar surface area (TPSA) is 46.1 Å². The van der Waals surface area contributed by atoms with E-state index in [1.54, 1.807) is 18.6 Å². The Morgan fingerprint density at radius 2 is 2.04 bits per heavy atom. The summed E-state index contributed by atoms with van der Waals surface area (Å²) in [6.45, 7) is 1.81. The fourth-order valence-electron chi connectivity index (χ4n) is 3.39. The van der Waals surface area contributed by atoms with Gasteiger partial charge in [-0.2, -0.15) is 0 Å². The lowest BCUT2D eigenvalue weighted by Crippen LogP contribution is -2.40. The summed E-state index contributed by atoms with van der Waals surface area (Å²) >= 11 is 0. The molecule has 2 heterocycles. The number of nitrogens with zero attached hydrogens (tertiary/aromatic N) is 3. The van der Waals surface area contributed by atoms with E-state index in [0.29, 0.717) is 18.8 Å². The summed E-state index contributed by atoms with van der Waals surface area (Å²) in [5.41, 5.74) is 2.28. The van der Waals surface area contributed by atoms with Crippen LogP contribution in [0.1, 0.15) is 36.9 Å². The van der Waals surface area contributed by atoms with Crippen LogP contribution in [0, 0.1) is 5.92 Å². The normalized spacial score (nSPS) is 17.7. The first kappa shape index (κ1) is 16.6. The van der Waals surface area contributed by atoms with E-state index in [9.17, 15) is 4.79 Å². The maximum atomic E-state index is 12.5. The maximum absolute atomic E-state index is 12.5. The molecule has 1 saturated heterocycles. The molecule has 1 atom stereocenters. The first-order valence-corrected chi connectivity index (χ1v) is 8.88. The molecule has 0 bridgehead atoms. The summed E-state index contributed by atoms with van der Waals surface area (Å²) in [4.78, 5) is 22.8. The van der Waals surface area contributed by atoms with Crippen LogP contribution in [0.3, 0.4) is 0 Å². The summed E-state index contributed by atoms with van der Waals surface area (Å²) in [6, 6.07) is 10.6. The van der Waals surface area contributed by atoms with Gasteiger partial charge in [-0.3, -0.25) is 14.8 Å². The number of amides is 1. The van der Waals surface area contributed by atoms with Crippen LogP contribution in [0.5, 0.6) is 0 Å². The van der Waals surface area contributed by atoms with Gasteiger partial charge >= 0.3 is 0 Å². The van der Waals surface area contributed by atoms with Crippen LogP contribution < -0.4 is 0 Å². The molecular weight excluding hydrogens is 298 g/mol. The van der Waals surface area contributed by atoms with Gasteiger partial charge in [-0.15, -0.1) is 0 Å². The molecule has 0 saturated carbocycles. The predicted molar refractivity (Wildman–Crippen MR) is 94.4 cm³/mol. The monoisotopic (exact) mass is 323 g/mol. The molecule has 1 aromatic heterocycles. The van der Waals surface area contributed by atoms with Crippen molar-refractivity contribution in [3.05, 3.63) is 60.2 Å². The number of aromatic nitrogens is 2. The molecular formula is C20H25N3O. The molecule has 1 aliphatic rings. The second-order valence-electron chi connectivity index (χ2n) is 6.57. The number of carbonyl (C=O) groups is 1. The standard InChI is InChI=1S/C20H25N3O/c24-20(11-10-19-15-21-12-13-22-19)23-14-4-7-18(16-23)9-8-17-5-2-1-3-6-17/h1-3,5-6,12-13,15,18H,4,7-11,14,16H2/t18-/m0/s1. The minimum absolute atomic E-state index is 0.255. The van der Waals surface area contributed by atoms with Crippen molar-refractivity contribution >= 4 is 5.91 Å². The minimum Gasteiger partial charge on any atom is -0.342 e. The molecule has 3 rings (SSSR count). The minimum atomic E-state index is 0.255. The number of rotatable bonds is 6. The zero-order valence-electron chi connectivity index (χ0n) is 14.1. The average molecular weight is 323 g/mol. The third-order valence-electron chi connectivity index (χ3n) is 4.77. The van der Waals surface area contributed by atoms with Gasteiger partial charge in [0.05, 0.1) is 5.69 Å². The van der Waals surface area contributed by atoms with Crippen molar-refractivity contribution in [2.75, 3.05) is 13.1 Å². The zero-order chi connectivity index (χ0) is 16.6. The molecule has 1 amide bonds. The van der Waals surface area contributed by atoms with Crippen molar-refractivity contribution in [3.8, 4) is 0 Å². The van der Waals surface area contributed by atoms with Crippen molar-refractivity contribution in [1.82, 2.24) is 14.9 Å². The largest absolute Gasteiger partial charge is 0.342 e. The van der Waals surface area contributed by atoms with Crippen LogP contribution in [0.15, 0.2) is 48.9 Å². The van der Waals surface area contributed by atoms with Crippen molar-refractivity contribution in [1.29, 1.82) is 0 Å². The average Bonchev–Trinajstić information content (AvgIpc) is 2.66. The molecule has 0 aliphatic carbocycles. The molecule has 24 heavy (non-hydrogen) atoms. The predicted octanol–water partition coefficient (Wildman–Crippen LogP) is 3.28. The molecule has 2 aromatic rings. The molecule has 1 aliphatic heterocycles. The van der Waals surface area contributed by atoms with Gasteiger partial charge in [0.1, 0.15) is 0 Å². The number of likely N-dealkylation sites (tertiary alicyclic amines) is 1. The number of benzene rings is 1. The number of aryl methyl sites for hydroxylation is 2. The molecule has 0 unspecified atom stereocenters. The van der Waals surface area contributed by atoms with Gasteiger partial charge < -0.3 is 4.90 Å². The molecule has 4 nitrogen and oxygen atoms in total. The molecule has 0 radical (unpaired) electrons. The first-order valence-electron chi connectivity index (χ1n) is 8.88. The van der Waals surface area contributed by atoms with Gasteiger partial charge in [0.2, 0.25) is 5.91 Å². The van der Waals surface area contributed by atoms with Gasteiger partial charge in [0.15, 0.2) is 0 Å². The second-order valence-corrected chi connectivity index (χ2v) is 6.57. The van der Waals surface area contributed by atoms with Gasteiger partial charge in [-0.1, -0.05) is 30.3 Å². The van der Waals surface area contributed by atoms with Gasteiger partial charge in [-0.25, -0.2) is 0 Å². The van der Waals surface area contributed by atoms with E-state index in [-0.39, 0.29) is 5.91 Å². The Bertz CT molecular complexity index is 630. The van der Waals surface area contributed by atoms with Crippen LogP contribution in [0.4, 0.5) is 0 Å². The molecule has 1 aromatic carbocycles. The van der Waals surface area contributed by atoms with Crippen LogP contribution in [-0.4, -0.2) is 33.9 Å². The maximum Gasteiger partial charge on any atom is 0.222 e. The van der Waals surface area contributed by atoms with Gasteiger partial charge in [-0.05, 0) is 43.6 Å². The molecule has 126 valence electrons. The highest BCUT2D eigenvalue weighted by Gasteiger charge is 2.23. The summed E-state index contributed by atoms with van der Waals surface area (Å²) in [5.74, 6) is 0.879. The Morgan fingerprint density at radius 1 is 1.17 bits per heavy atom. The van der Waals surface area contributed by atoms with Crippen LogP contribution >= 0.6 is 0 Å². The lowest BCUT2D eigenvalue weighted by Gasteiger charge is -2.33. The third kappa shape index (κ3) is 4.88. The Morgan fingerprint density at radius 3 is 2.83 bits per heavy atom. The van der Waals surface area contributed by atoms with E-state index in [1.165, 1.54) is 12.0 Å². The fourth-order valence-corrected chi connectivity index (χ4v) is 3.39. The first-order chi connectivity index (χ1) is 11.8. The second kappa shape index (κ2) is 8.57. The smallest absolute Gasteiger partial charge is 0.222 e. The highest BCUT2D eigenvalue weighted by atomic mass is 16.2. The van der Waals surface area contributed by atoms with Crippen molar-refractivity contribution in [2.45, 2.75) is 38.5 Å². The molecule has 4 heteroatoms. The van der Waals surface area contributed by atoms with Crippen LogP contribution in [0.2, 0.25) is 0 Å². The van der Waals surface area contributed by atoms with Crippen molar-refractivity contribution in [2.24, 2.45) is 5.92 Å². The SMILES string of the molecule is O=C(CCc1cnccn1)N1CCC[C@@H](CCc2ccccc2)C1. The molecule has 0 spiro atoms. The van der Waals surface area contributed by atoms with Crippen molar-refractivity contribution in [3.63, 3.8) is 0 Å². The number of piperidine rings is 1. The summed E-state index contributed by atoms with van der Waals surface area (Å²) < 4.78 is 0. The molecule has 0 N–H and O–H groups in total. The lowest BCUT2D eigenvalue weighted by atomic mass is 9.91. The van der Waals surface area contributed by atoms with E-state index in [1.807, 2.05) is 0 Å². The van der Waals surface area contributed by atoms with Gasteiger partial charge in [0.25, 0.3) is 0 Å². The summed E-state index contributed by atoms with van der Waals surface area (Å²) in [6.07, 6.45) is 10.9. The van der Waals surface area contributed by atoms with Crippen molar-refractivity contribution < 1.29 is 4.79 Å². The Balaban J connectivity index is 1.45. The number of carbonyl (C=O) groups excluding carboxylic acids is 1. The highest BCUT2D eigenvalue weighted by molar-refractivity contribution is 5.76. The van der Waals surface area contributed by atoms with E-state index in [0.717, 1.165) is 38.0 Å². The van der Waals surface area contributed by atoms with E-state index in [2.05, 4.69) is 45.2 Å². The number of hydrogen-bond donors (Lipinski definition) is 0. The third-order valence-corrected chi connectivity index (χ3v) is 4.77. The quantitative estimate of drug-likeness (QED) is 0.819. The van der Waals surface area contributed by atoms with Gasteiger partial charge in [0, 0.05) is 38.1 Å². The van der Waals surface area contributed by atoms with E-state index in [4.69, 9.17) is 0 Å². The number of hydrogen-bond acceptors (Lipinski definition) is 3.